The summed E-state index contributed by atoms with van der Waals surface area (Å²) in [4.78, 5) is 10.9. The first-order valence-corrected chi connectivity index (χ1v) is 4.90. The van der Waals surface area contributed by atoms with Gasteiger partial charge in [-0.3, -0.25) is 4.79 Å². The zero-order valence-electron chi connectivity index (χ0n) is 8.57. The molecule has 3 nitrogen and oxygen atoms in total. The Balaban J connectivity index is 3.04. The van der Waals surface area contributed by atoms with Gasteiger partial charge in [0.05, 0.1) is 11.5 Å². The van der Waals surface area contributed by atoms with Crippen LogP contribution in [0.5, 0.6) is 0 Å². The molecule has 0 aliphatic carbocycles. The van der Waals surface area contributed by atoms with Crippen LogP contribution in [0.1, 0.15) is 25.5 Å². The summed E-state index contributed by atoms with van der Waals surface area (Å²) >= 11 is 5.76. The first-order valence-electron chi connectivity index (χ1n) is 4.52. The molecule has 0 fully saturated rings. The third kappa shape index (κ3) is 2.49. The topological polar surface area (TPSA) is 57.5 Å². The predicted octanol–water partition coefficient (Wildman–Crippen LogP) is 2.48. The fraction of sp³-hybridized carbons (Fsp3) is 0.364. The number of aliphatic hydroxyl groups excluding tert-OH is 1. The molecule has 0 aliphatic heterocycles. The highest BCUT2D eigenvalue weighted by Crippen LogP contribution is 2.34. The van der Waals surface area contributed by atoms with E-state index >= 15 is 0 Å². The lowest BCUT2D eigenvalue weighted by Crippen LogP contribution is -2.31. The van der Waals surface area contributed by atoms with Gasteiger partial charge >= 0.3 is 5.97 Å². The minimum Gasteiger partial charge on any atom is -0.481 e. The highest BCUT2D eigenvalue weighted by Gasteiger charge is 2.36. The van der Waals surface area contributed by atoms with Crippen molar-refractivity contribution >= 4 is 17.6 Å². The van der Waals surface area contributed by atoms with Gasteiger partial charge in [-0.1, -0.05) is 23.7 Å². The van der Waals surface area contributed by atoms with E-state index in [4.69, 9.17) is 16.7 Å². The van der Waals surface area contributed by atoms with Crippen LogP contribution in [0.3, 0.4) is 0 Å². The molecule has 1 rings (SSSR count). The Labute approximate surface area is 93.3 Å². The molecule has 15 heavy (non-hydrogen) atoms. The molecule has 4 heteroatoms. The van der Waals surface area contributed by atoms with Crippen LogP contribution in [-0.2, 0) is 4.79 Å². The Morgan fingerprint density at radius 2 is 2.07 bits per heavy atom. The second-order valence-electron chi connectivity index (χ2n) is 3.98. The van der Waals surface area contributed by atoms with E-state index in [2.05, 4.69) is 0 Å². The van der Waals surface area contributed by atoms with E-state index in [1.54, 1.807) is 24.3 Å². The van der Waals surface area contributed by atoms with Crippen LogP contribution in [0, 0.1) is 5.41 Å². The molecule has 0 saturated carbocycles. The minimum atomic E-state index is -1.23. The van der Waals surface area contributed by atoms with Crippen molar-refractivity contribution in [3.63, 3.8) is 0 Å². The van der Waals surface area contributed by atoms with Crippen LogP contribution in [0.15, 0.2) is 24.3 Å². The zero-order valence-corrected chi connectivity index (χ0v) is 9.32. The fourth-order valence-corrected chi connectivity index (χ4v) is 1.41. The molecule has 82 valence electrons. The molecule has 0 radical (unpaired) electrons. The van der Waals surface area contributed by atoms with Crippen molar-refractivity contribution in [2.45, 2.75) is 20.0 Å². The number of carboxylic acid groups (broad SMARTS) is 1. The third-order valence-corrected chi connectivity index (χ3v) is 2.63. The van der Waals surface area contributed by atoms with Crippen LogP contribution < -0.4 is 0 Å². The van der Waals surface area contributed by atoms with E-state index in [0.717, 1.165) is 0 Å². The maximum atomic E-state index is 10.9. The number of carboxylic acids is 1. The van der Waals surface area contributed by atoms with Crippen molar-refractivity contribution < 1.29 is 15.0 Å². The molecule has 0 aromatic heterocycles. The van der Waals surface area contributed by atoms with Crippen molar-refractivity contribution in [2.24, 2.45) is 5.41 Å². The Hall–Kier alpha value is -1.06. The monoisotopic (exact) mass is 228 g/mol. The van der Waals surface area contributed by atoms with E-state index in [9.17, 15) is 9.90 Å². The number of carbonyl (C=O) groups is 1. The molecule has 0 spiro atoms. The van der Waals surface area contributed by atoms with Crippen LogP contribution in [0.25, 0.3) is 0 Å². The Morgan fingerprint density at radius 3 is 2.53 bits per heavy atom. The number of halogens is 1. The van der Waals surface area contributed by atoms with Gasteiger partial charge in [-0.15, -0.1) is 0 Å². The van der Waals surface area contributed by atoms with Gasteiger partial charge in [-0.25, -0.2) is 0 Å². The Kier molecular flexibility index (Phi) is 3.37. The highest BCUT2D eigenvalue weighted by atomic mass is 35.5. The van der Waals surface area contributed by atoms with Gasteiger partial charge in [0.1, 0.15) is 0 Å². The molecule has 0 bridgehead atoms. The van der Waals surface area contributed by atoms with Crippen LogP contribution in [-0.4, -0.2) is 16.2 Å². The summed E-state index contributed by atoms with van der Waals surface area (Å²) in [7, 11) is 0. The van der Waals surface area contributed by atoms with Crippen molar-refractivity contribution in [3.8, 4) is 0 Å². The Morgan fingerprint density at radius 1 is 1.47 bits per heavy atom. The van der Waals surface area contributed by atoms with Crippen molar-refractivity contribution in [1.82, 2.24) is 0 Å². The predicted molar refractivity (Wildman–Crippen MR) is 57.8 cm³/mol. The van der Waals surface area contributed by atoms with E-state index < -0.39 is 17.5 Å². The van der Waals surface area contributed by atoms with Crippen molar-refractivity contribution in [2.75, 3.05) is 0 Å². The first-order chi connectivity index (χ1) is 6.85. The van der Waals surface area contributed by atoms with Gasteiger partial charge in [0.25, 0.3) is 0 Å². The SMILES string of the molecule is CC(C)(C(=O)O)C(O)c1cccc(Cl)c1. The van der Waals surface area contributed by atoms with Crippen LogP contribution >= 0.6 is 11.6 Å². The fourth-order valence-electron chi connectivity index (χ4n) is 1.21. The average molecular weight is 229 g/mol. The maximum Gasteiger partial charge on any atom is 0.312 e. The largest absolute Gasteiger partial charge is 0.481 e. The average Bonchev–Trinajstić information content (AvgIpc) is 2.16. The van der Waals surface area contributed by atoms with Gasteiger partial charge in [0, 0.05) is 5.02 Å². The molecule has 1 atom stereocenters. The molecule has 1 unspecified atom stereocenters. The molecule has 0 saturated heterocycles. The summed E-state index contributed by atoms with van der Waals surface area (Å²) in [6.07, 6.45) is -1.08. The number of benzene rings is 1. The highest BCUT2D eigenvalue weighted by molar-refractivity contribution is 6.30. The second kappa shape index (κ2) is 4.21. The first kappa shape index (κ1) is 12.0. The van der Waals surface area contributed by atoms with Crippen LogP contribution in [0.2, 0.25) is 5.02 Å². The summed E-state index contributed by atoms with van der Waals surface area (Å²) in [5.41, 5.74) is -0.722. The van der Waals surface area contributed by atoms with Crippen molar-refractivity contribution in [3.05, 3.63) is 34.9 Å². The molecular formula is C11H13ClO3. The number of aliphatic hydroxyl groups is 1. The quantitative estimate of drug-likeness (QED) is 0.836. The van der Waals surface area contributed by atoms with Gasteiger partial charge < -0.3 is 10.2 Å². The molecule has 0 aliphatic rings. The van der Waals surface area contributed by atoms with E-state index in [0.29, 0.717) is 10.6 Å². The lowest BCUT2D eigenvalue weighted by Gasteiger charge is -2.26. The Bertz CT molecular complexity index is 374. The lowest BCUT2D eigenvalue weighted by atomic mass is 9.83. The van der Waals surface area contributed by atoms with Gasteiger partial charge in [0.2, 0.25) is 0 Å². The molecular weight excluding hydrogens is 216 g/mol. The van der Waals surface area contributed by atoms with E-state index in [1.807, 2.05) is 0 Å². The summed E-state index contributed by atoms with van der Waals surface area (Å²) in [6.45, 7) is 2.95. The minimum absolute atomic E-state index is 0.479. The maximum absolute atomic E-state index is 10.9. The number of hydrogen-bond donors (Lipinski definition) is 2. The van der Waals surface area contributed by atoms with Gasteiger partial charge in [-0.2, -0.15) is 0 Å². The van der Waals surface area contributed by atoms with Gasteiger partial charge in [-0.05, 0) is 31.5 Å². The third-order valence-electron chi connectivity index (χ3n) is 2.40. The van der Waals surface area contributed by atoms with Crippen LogP contribution in [0.4, 0.5) is 0 Å². The zero-order chi connectivity index (χ0) is 11.6. The molecule has 1 aromatic carbocycles. The number of aliphatic carboxylic acids is 1. The summed E-state index contributed by atoms with van der Waals surface area (Å²) in [5, 5.41) is 19.3. The number of hydrogen-bond acceptors (Lipinski definition) is 2. The molecule has 1 aromatic rings. The van der Waals surface area contributed by atoms with E-state index in [-0.39, 0.29) is 0 Å². The summed E-state index contributed by atoms with van der Waals surface area (Å²) in [5.74, 6) is -1.05. The lowest BCUT2D eigenvalue weighted by molar-refractivity contribution is -0.153. The standard InChI is InChI=1S/C11H13ClO3/c1-11(2,10(14)15)9(13)7-4-3-5-8(12)6-7/h3-6,9,13H,1-2H3,(H,14,15). The second-order valence-corrected chi connectivity index (χ2v) is 4.42. The summed E-state index contributed by atoms with van der Waals surface area (Å²) in [6, 6.07) is 6.57. The smallest absolute Gasteiger partial charge is 0.312 e. The summed E-state index contributed by atoms with van der Waals surface area (Å²) < 4.78 is 0. The molecule has 2 N–H and O–H groups in total. The van der Waals surface area contributed by atoms with Gasteiger partial charge in [0.15, 0.2) is 0 Å². The van der Waals surface area contributed by atoms with E-state index in [1.165, 1.54) is 13.8 Å². The normalized spacial score (nSPS) is 13.6. The molecule has 0 amide bonds. The van der Waals surface area contributed by atoms with Crippen molar-refractivity contribution in [1.29, 1.82) is 0 Å². The number of rotatable bonds is 3. The molecule has 0 heterocycles.